The maximum Gasteiger partial charge on any atom is 0.337 e. The SMILES string of the molecule is O=C(O)c1ccc(S(=O)(=O)Nc2ccc(I)cc2)cc1Cl. The molecule has 0 amide bonds. The van der Waals surface area contributed by atoms with Gasteiger partial charge in [0.15, 0.2) is 0 Å². The van der Waals surface area contributed by atoms with Crippen molar-refractivity contribution >= 4 is 55.9 Å². The molecule has 0 saturated heterocycles. The van der Waals surface area contributed by atoms with Gasteiger partial charge < -0.3 is 5.11 Å². The van der Waals surface area contributed by atoms with Gasteiger partial charge in [-0.05, 0) is 65.1 Å². The molecule has 0 heterocycles. The molecule has 0 fully saturated rings. The van der Waals surface area contributed by atoms with Crippen molar-refractivity contribution in [3.63, 3.8) is 0 Å². The van der Waals surface area contributed by atoms with Crippen LogP contribution in [0.1, 0.15) is 10.4 Å². The summed E-state index contributed by atoms with van der Waals surface area (Å²) in [5.74, 6) is -1.21. The number of nitrogens with one attached hydrogen (secondary N) is 1. The monoisotopic (exact) mass is 437 g/mol. The average Bonchev–Trinajstić information content (AvgIpc) is 2.40. The highest BCUT2D eigenvalue weighted by molar-refractivity contribution is 14.1. The van der Waals surface area contributed by atoms with Crippen LogP contribution in [0.5, 0.6) is 0 Å². The van der Waals surface area contributed by atoms with Crippen molar-refractivity contribution in [2.24, 2.45) is 0 Å². The van der Waals surface area contributed by atoms with Crippen LogP contribution in [0.15, 0.2) is 47.4 Å². The van der Waals surface area contributed by atoms with Gasteiger partial charge in [-0.2, -0.15) is 0 Å². The first kappa shape index (κ1) is 16.1. The quantitative estimate of drug-likeness (QED) is 0.718. The number of sulfonamides is 1. The first-order valence-electron chi connectivity index (χ1n) is 5.61. The highest BCUT2D eigenvalue weighted by Gasteiger charge is 2.17. The maximum absolute atomic E-state index is 12.2. The third kappa shape index (κ3) is 3.86. The van der Waals surface area contributed by atoms with E-state index in [0.29, 0.717) is 5.69 Å². The van der Waals surface area contributed by atoms with E-state index in [-0.39, 0.29) is 15.5 Å². The number of hydrogen-bond acceptors (Lipinski definition) is 3. The molecule has 0 spiro atoms. The Hall–Kier alpha value is -1.32. The van der Waals surface area contributed by atoms with E-state index in [1.165, 1.54) is 6.07 Å². The van der Waals surface area contributed by atoms with E-state index in [1.807, 2.05) is 0 Å². The Morgan fingerprint density at radius 1 is 1.14 bits per heavy atom. The molecule has 0 aliphatic heterocycles. The van der Waals surface area contributed by atoms with E-state index in [0.717, 1.165) is 15.7 Å². The normalized spacial score (nSPS) is 11.1. The lowest BCUT2D eigenvalue weighted by Crippen LogP contribution is -2.13. The fourth-order valence-corrected chi connectivity index (χ4v) is 3.34. The number of rotatable bonds is 4. The summed E-state index contributed by atoms with van der Waals surface area (Å²) in [6, 6.07) is 10.3. The van der Waals surface area contributed by atoms with Gasteiger partial charge in [0.1, 0.15) is 0 Å². The first-order valence-corrected chi connectivity index (χ1v) is 8.55. The highest BCUT2D eigenvalue weighted by Crippen LogP contribution is 2.23. The van der Waals surface area contributed by atoms with E-state index < -0.39 is 16.0 Å². The van der Waals surface area contributed by atoms with Crippen molar-refractivity contribution in [3.8, 4) is 0 Å². The van der Waals surface area contributed by atoms with Crippen LogP contribution in [0, 0.1) is 3.57 Å². The van der Waals surface area contributed by atoms with Crippen LogP contribution < -0.4 is 4.72 Å². The van der Waals surface area contributed by atoms with Crippen molar-refractivity contribution in [2.75, 3.05) is 4.72 Å². The molecule has 2 rings (SSSR count). The second-order valence-corrected chi connectivity index (χ2v) is 7.39. The molecular weight excluding hydrogens is 429 g/mol. The highest BCUT2D eigenvalue weighted by atomic mass is 127. The van der Waals surface area contributed by atoms with Gasteiger partial charge in [-0.3, -0.25) is 4.72 Å². The van der Waals surface area contributed by atoms with Crippen molar-refractivity contribution in [2.45, 2.75) is 4.90 Å². The molecule has 8 heteroatoms. The van der Waals surface area contributed by atoms with Gasteiger partial charge in [0.05, 0.1) is 15.5 Å². The molecule has 0 atom stereocenters. The topological polar surface area (TPSA) is 83.5 Å². The van der Waals surface area contributed by atoms with Crippen LogP contribution in [0.4, 0.5) is 5.69 Å². The summed E-state index contributed by atoms with van der Waals surface area (Å²) in [5, 5.41) is 8.74. The lowest BCUT2D eigenvalue weighted by atomic mass is 10.2. The van der Waals surface area contributed by atoms with Gasteiger partial charge in [0.2, 0.25) is 0 Å². The summed E-state index contributed by atoms with van der Waals surface area (Å²) < 4.78 is 27.8. The Bertz CT molecular complexity index is 790. The van der Waals surface area contributed by atoms with E-state index in [1.54, 1.807) is 24.3 Å². The summed E-state index contributed by atoms with van der Waals surface area (Å²) in [5.41, 5.74) is 0.263. The van der Waals surface area contributed by atoms with E-state index in [4.69, 9.17) is 16.7 Å². The van der Waals surface area contributed by atoms with Crippen LogP contribution in [0.2, 0.25) is 5.02 Å². The minimum absolute atomic E-state index is 0.101. The summed E-state index contributed by atoms with van der Waals surface area (Å²) in [6.07, 6.45) is 0. The molecule has 110 valence electrons. The maximum atomic E-state index is 12.2. The van der Waals surface area contributed by atoms with E-state index in [2.05, 4.69) is 27.3 Å². The molecule has 0 saturated carbocycles. The molecule has 0 radical (unpaired) electrons. The number of carboxylic acid groups (broad SMARTS) is 1. The number of hydrogen-bond donors (Lipinski definition) is 2. The lowest BCUT2D eigenvalue weighted by Gasteiger charge is -2.09. The Kier molecular flexibility index (Phi) is 4.74. The van der Waals surface area contributed by atoms with Crippen LogP contribution in [0.25, 0.3) is 0 Å². The lowest BCUT2D eigenvalue weighted by molar-refractivity contribution is 0.0697. The zero-order valence-corrected chi connectivity index (χ0v) is 14.1. The number of halogens is 2. The second-order valence-electron chi connectivity index (χ2n) is 4.06. The van der Waals surface area contributed by atoms with Gasteiger partial charge in [-0.25, -0.2) is 13.2 Å². The number of aromatic carboxylic acids is 1. The average molecular weight is 438 g/mol. The molecule has 2 N–H and O–H groups in total. The van der Waals surface area contributed by atoms with Crippen molar-refractivity contribution in [1.82, 2.24) is 0 Å². The number of anilines is 1. The van der Waals surface area contributed by atoms with Gasteiger partial charge >= 0.3 is 5.97 Å². The Balaban J connectivity index is 2.33. The fraction of sp³-hybridized carbons (Fsp3) is 0. The number of carbonyl (C=O) groups is 1. The third-order valence-electron chi connectivity index (χ3n) is 2.58. The van der Waals surface area contributed by atoms with Gasteiger partial charge in [0.25, 0.3) is 10.0 Å². The predicted octanol–water partition coefficient (Wildman–Crippen LogP) is 3.44. The zero-order chi connectivity index (χ0) is 15.6. The van der Waals surface area contributed by atoms with Crippen LogP contribution in [-0.2, 0) is 10.0 Å². The summed E-state index contributed by atoms with van der Waals surface area (Å²) in [6.45, 7) is 0. The number of carboxylic acids is 1. The Labute approximate surface area is 140 Å². The van der Waals surface area contributed by atoms with Crippen LogP contribution in [-0.4, -0.2) is 19.5 Å². The molecule has 0 aromatic heterocycles. The van der Waals surface area contributed by atoms with E-state index >= 15 is 0 Å². The first-order chi connectivity index (χ1) is 9.79. The van der Waals surface area contributed by atoms with Crippen molar-refractivity contribution in [1.29, 1.82) is 0 Å². The minimum Gasteiger partial charge on any atom is -0.478 e. The molecule has 2 aromatic carbocycles. The Morgan fingerprint density at radius 3 is 2.29 bits per heavy atom. The predicted molar refractivity (Wildman–Crippen MR) is 88.4 cm³/mol. The number of benzene rings is 2. The minimum atomic E-state index is -3.82. The van der Waals surface area contributed by atoms with Gasteiger partial charge in [-0.15, -0.1) is 0 Å². The molecule has 0 bridgehead atoms. The summed E-state index contributed by atoms with van der Waals surface area (Å²) in [7, 11) is -3.82. The second kappa shape index (κ2) is 6.20. The smallest absolute Gasteiger partial charge is 0.337 e. The van der Waals surface area contributed by atoms with Crippen LogP contribution >= 0.6 is 34.2 Å². The fourth-order valence-electron chi connectivity index (χ4n) is 1.57. The zero-order valence-electron chi connectivity index (χ0n) is 10.4. The van der Waals surface area contributed by atoms with Crippen molar-refractivity contribution < 1.29 is 18.3 Å². The van der Waals surface area contributed by atoms with E-state index in [9.17, 15) is 13.2 Å². The van der Waals surface area contributed by atoms with Gasteiger partial charge in [-0.1, -0.05) is 11.6 Å². The molecule has 0 aliphatic rings. The van der Waals surface area contributed by atoms with Gasteiger partial charge in [0, 0.05) is 9.26 Å². The largest absolute Gasteiger partial charge is 0.478 e. The third-order valence-corrected chi connectivity index (χ3v) is 4.99. The Morgan fingerprint density at radius 2 is 1.76 bits per heavy atom. The summed E-state index contributed by atoms with van der Waals surface area (Å²) >= 11 is 7.89. The summed E-state index contributed by atoms with van der Waals surface area (Å²) in [4.78, 5) is 10.8. The molecule has 21 heavy (non-hydrogen) atoms. The standard InChI is InChI=1S/C13H9ClINO4S/c14-12-7-10(5-6-11(12)13(17)18)21(19,20)16-9-3-1-8(15)2-4-9/h1-7,16H,(H,17,18). The molecule has 5 nitrogen and oxygen atoms in total. The van der Waals surface area contributed by atoms with Crippen LogP contribution in [0.3, 0.4) is 0 Å². The molecule has 0 unspecified atom stereocenters. The molecular formula is C13H9ClINO4S. The van der Waals surface area contributed by atoms with Crippen molar-refractivity contribution in [3.05, 3.63) is 56.6 Å². The molecule has 2 aromatic rings. The molecule has 0 aliphatic carbocycles.